The van der Waals surface area contributed by atoms with E-state index in [0.717, 1.165) is 22.0 Å². The smallest absolute Gasteiger partial charge is 0.167 e. The minimum absolute atomic E-state index is 0.482. The molecule has 0 bridgehead atoms. The van der Waals surface area contributed by atoms with E-state index in [1.807, 2.05) is 24.3 Å². The van der Waals surface area contributed by atoms with Crippen molar-refractivity contribution in [2.45, 2.75) is 0 Å². The first kappa shape index (κ1) is 9.15. The molecule has 0 aliphatic carbocycles. The van der Waals surface area contributed by atoms with Gasteiger partial charge >= 0.3 is 0 Å². The predicted molar refractivity (Wildman–Crippen MR) is 57.1 cm³/mol. The highest BCUT2D eigenvalue weighted by molar-refractivity contribution is 9.10. The first-order valence-electron chi connectivity index (χ1n) is 4.07. The van der Waals surface area contributed by atoms with Gasteiger partial charge in [0, 0.05) is 10.0 Å². The summed E-state index contributed by atoms with van der Waals surface area (Å²) in [6, 6.07) is 9.45. The third kappa shape index (κ3) is 1.61. The maximum absolute atomic E-state index is 10.5. The average molecular weight is 251 g/mol. The van der Waals surface area contributed by atoms with Gasteiger partial charge in [0.1, 0.15) is 0 Å². The van der Waals surface area contributed by atoms with Crippen LogP contribution in [0.5, 0.6) is 0 Å². The maximum atomic E-state index is 10.5. The number of aromatic amines is 1. The van der Waals surface area contributed by atoms with Crippen LogP contribution in [0.15, 0.2) is 34.8 Å². The van der Waals surface area contributed by atoms with Crippen LogP contribution in [-0.4, -0.2) is 16.5 Å². The topological polar surface area (TPSA) is 45.8 Å². The van der Waals surface area contributed by atoms with Crippen LogP contribution in [0.3, 0.4) is 0 Å². The molecule has 2 rings (SSSR count). The molecule has 0 fully saturated rings. The number of aldehydes is 1. The van der Waals surface area contributed by atoms with E-state index in [1.165, 1.54) is 0 Å². The van der Waals surface area contributed by atoms with Gasteiger partial charge in [0.2, 0.25) is 0 Å². The maximum Gasteiger partial charge on any atom is 0.167 e. The summed E-state index contributed by atoms with van der Waals surface area (Å²) in [6.07, 6.45) is 0.743. The van der Waals surface area contributed by atoms with Crippen LogP contribution in [0.4, 0.5) is 0 Å². The van der Waals surface area contributed by atoms with Crippen molar-refractivity contribution in [3.63, 3.8) is 0 Å². The Kier molecular flexibility index (Phi) is 2.45. The van der Waals surface area contributed by atoms with Gasteiger partial charge in [-0.3, -0.25) is 9.89 Å². The Morgan fingerprint density at radius 3 is 2.79 bits per heavy atom. The molecule has 0 saturated heterocycles. The summed E-state index contributed by atoms with van der Waals surface area (Å²) >= 11 is 3.42. The summed E-state index contributed by atoms with van der Waals surface area (Å²) in [5.74, 6) is 0. The lowest BCUT2D eigenvalue weighted by Gasteiger charge is -1.97. The third-order valence-electron chi connectivity index (χ3n) is 1.87. The number of benzene rings is 1. The van der Waals surface area contributed by atoms with Crippen molar-refractivity contribution in [1.29, 1.82) is 0 Å². The van der Waals surface area contributed by atoms with Crippen molar-refractivity contribution < 1.29 is 4.79 Å². The Morgan fingerprint density at radius 1 is 1.36 bits per heavy atom. The lowest BCUT2D eigenvalue weighted by molar-refractivity contribution is 0.111. The predicted octanol–water partition coefficient (Wildman–Crippen LogP) is 2.65. The quantitative estimate of drug-likeness (QED) is 0.834. The molecule has 1 N–H and O–H groups in total. The summed E-state index contributed by atoms with van der Waals surface area (Å²) < 4.78 is 0.962. The second-order valence-corrected chi connectivity index (χ2v) is 3.66. The number of halogens is 1. The fraction of sp³-hybridized carbons (Fsp3) is 0. The molecular weight excluding hydrogens is 244 g/mol. The zero-order valence-electron chi connectivity index (χ0n) is 7.20. The molecule has 0 unspecified atom stereocenters. The second kappa shape index (κ2) is 3.75. The van der Waals surface area contributed by atoms with Gasteiger partial charge in [0.05, 0.1) is 11.4 Å². The van der Waals surface area contributed by atoms with E-state index >= 15 is 0 Å². The van der Waals surface area contributed by atoms with Crippen molar-refractivity contribution in [3.8, 4) is 11.3 Å². The first-order valence-corrected chi connectivity index (χ1v) is 4.86. The van der Waals surface area contributed by atoms with Crippen LogP contribution in [0.2, 0.25) is 0 Å². The third-order valence-corrected chi connectivity index (χ3v) is 2.57. The molecule has 70 valence electrons. The largest absolute Gasteiger partial charge is 0.296 e. The highest BCUT2D eigenvalue weighted by Crippen LogP contribution is 2.26. The minimum atomic E-state index is 0.482. The van der Waals surface area contributed by atoms with Crippen molar-refractivity contribution in [2.24, 2.45) is 0 Å². The van der Waals surface area contributed by atoms with Gasteiger partial charge in [0.25, 0.3) is 0 Å². The van der Waals surface area contributed by atoms with Gasteiger partial charge in [-0.2, -0.15) is 5.10 Å². The Balaban J connectivity index is 2.49. The first-order chi connectivity index (χ1) is 6.81. The number of rotatable bonds is 2. The second-order valence-electron chi connectivity index (χ2n) is 2.81. The van der Waals surface area contributed by atoms with Crippen molar-refractivity contribution in [2.75, 3.05) is 0 Å². The number of hydrogen-bond acceptors (Lipinski definition) is 2. The lowest BCUT2D eigenvalue weighted by atomic mass is 10.1. The molecule has 14 heavy (non-hydrogen) atoms. The molecular formula is C10H7BrN2O. The van der Waals surface area contributed by atoms with Crippen LogP contribution in [0.25, 0.3) is 11.3 Å². The van der Waals surface area contributed by atoms with E-state index in [0.29, 0.717) is 5.69 Å². The molecule has 0 amide bonds. The molecule has 0 radical (unpaired) electrons. The Labute approximate surface area is 89.3 Å². The Morgan fingerprint density at radius 2 is 2.14 bits per heavy atom. The van der Waals surface area contributed by atoms with Crippen LogP contribution < -0.4 is 0 Å². The number of carbonyl (C=O) groups excluding carboxylic acids is 1. The number of nitrogens with zero attached hydrogens (tertiary/aromatic N) is 1. The fourth-order valence-corrected chi connectivity index (χ4v) is 1.69. The molecule has 0 atom stereocenters. The molecule has 2 aromatic rings. The van der Waals surface area contributed by atoms with Gasteiger partial charge < -0.3 is 0 Å². The van der Waals surface area contributed by atoms with Gasteiger partial charge in [-0.25, -0.2) is 0 Å². The van der Waals surface area contributed by atoms with Gasteiger partial charge in [-0.1, -0.05) is 34.1 Å². The summed E-state index contributed by atoms with van der Waals surface area (Å²) in [6.45, 7) is 0. The zero-order valence-corrected chi connectivity index (χ0v) is 8.78. The number of H-pyrrole nitrogens is 1. The molecule has 0 spiro atoms. The van der Waals surface area contributed by atoms with E-state index in [1.54, 1.807) is 6.07 Å². The van der Waals surface area contributed by atoms with E-state index in [2.05, 4.69) is 26.1 Å². The standard InChI is InChI=1S/C10H7BrN2O/c11-9-4-2-1-3-8(9)10-5-7(6-14)12-13-10/h1-6H,(H,12,13). The molecule has 0 aliphatic rings. The highest BCUT2D eigenvalue weighted by Gasteiger charge is 2.05. The SMILES string of the molecule is O=Cc1cc(-c2ccccc2Br)n[nH]1. The Bertz CT molecular complexity index is 465. The van der Waals surface area contributed by atoms with Crippen LogP contribution in [0.1, 0.15) is 10.5 Å². The lowest BCUT2D eigenvalue weighted by Crippen LogP contribution is -1.78. The number of hydrogen-bond donors (Lipinski definition) is 1. The van der Waals surface area contributed by atoms with Gasteiger partial charge in [0.15, 0.2) is 6.29 Å². The summed E-state index contributed by atoms with van der Waals surface area (Å²) in [4.78, 5) is 10.5. The number of nitrogens with one attached hydrogen (secondary N) is 1. The van der Waals surface area contributed by atoms with Gasteiger partial charge in [-0.05, 0) is 12.1 Å². The normalized spacial score (nSPS) is 10.1. The van der Waals surface area contributed by atoms with E-state index in [9.17, 15) is 4.79 Å². The molecule has 3 nitrogen and oxygen atoms in total. The fourth-order valence-electron chi connectivity index (χ4n) is 1.20. The molecule has 4 heteroatoms. The summed E-state index contributed by atoms with van der Waals surface area (Å²) in [5.41, 5.74) is 2.21. The molecule has 0 aliphatic heterocycles. The number of carbonyl (C=O) groups is 1. The minimum Gasteiger partial charge on any atom is -0.296 e. The average Bonchev–Trinajstić information content (AvgIpc) is 2.67. The van der Waals surface area contributed by atoms with Crippen molar-refractivity contribution in [3.05, 3.63) is 40.5 Å². The van der Waals surface area contributed by atoms with Crippen molar-refractivity contribution >= 4 is 22.2 Å². The van der Waals surface area contributed by atoms with E-state index < -0.39 is 0 Å². The van der Waals surface area contributed by atoms with E-state index in [4.69, 9.17) is 0 Å². The Hall–Kier alpha value is -1.42. The van der Waals surface area contributed by atoms with Gasteiger partial charge in [-0.15, -0.1) is 0 Å². The zero-order chi connectivity index (χ0) is 9.97. The van der Waals surface area contributed by atoms with Crippen molar-refractivity contribution in [1.82, 2.24) is 10.2 Å². The highest BCUT2D eigenvalue weighted by atomic mass is 79.9. The van der Waals surface area contributed by atoms with E-state index in [-0.39, 0.29) is 0 Å². The monoisotopic (exact) mass is 250 g/mol. The van der Waals surface area contributed by atoms with Crippen LogP contribution in [-0.2, 0) is 0 Å². The van der Waals surface area contributed by atoms with Crippen LogP contribution >= 0.6 is 15.9 Å². The summed E-state index contributed by atoms with van der Waals surface area (Å²) in [5, 5.41) is 6.67. The molecule has 1 aromatic carbocycles. The van der Waals surface area contributed by atoms with Crippen LogP contribution in [0, 0.1) is 0 Å². The number of aromatic nitrogens is 2. The molecule has 0 saturated carbocycles. The molecule has 1 aromatic heterocycles. The molecule has 1 heterocycles. The summed E-state index contributed by atoms with van der Waals surface area (Å²) in [7, 11) is 0.